The summed E-state index contributed by atoms with van der Waals surface area (Å²) >= 11 is 0. The summed E-state index contributed by atoms with van der Waals surface area (Å²) < 4.78 is 5.57. The highest BCUT2D eigenvalue weighted by atomic mass is 16.5. The van der Waals surface area contributed by atoms with E-state index in [0.29, 0.717) is 12.6 Å². The molecule has 2 nitrogen and oxygen atoms in total. The van der Waals surface area contributed by atoms with Gasteiger partial charge in [-0.25, -0.2) is 0 Å². The van der Waals surface area contributed by atoms with Crippen molar-refractivity contribution in [3.63, 3.8) is 0 Å². The van der Waals surface area contributed by atoms with Crippen LogP contribution < -0.4 is 5.32 Å². The molecule has 0 radical (unpaired) electrons. The van der Waals surface area contributed by atoms with Gasteiger partial charge in [-0.3, -0.25) is 0 Å². The highest BCUT2D eigenvalue weighted by molar-refractivity contribution is 5.51. The van der Waals surface area contributed by atoms with Crippen LogP contribution in [-0.2, 0) is 11.3 Å². The molecule has 108 valence electrons. The van der Waals surface area contributed by atoms with Crippen molar-refractivity contribution in [1.82, 2.24) is 0 Å². The number of allylic oxidation sites excluding steroid dienone is 2. The molecule has 4 atom stereocenters. The van der Waals surface area contributed by atoms with Crippen LogP contribution in [-0.4, -0.2) is 12.6 Å². The SMILES string of the molecule is CCOCc1ccccc1NC(C)C1CC2C=CC1C2. The molecule has 2 aliphatic rings. The molecular formula is C18H25NO. The van der Waals surface area contributed by atoms with Gasteiger partial charge in [0.15, 0.2) is 0 Å². The molecule has 1 N–H and O–H groups in total. The average Bonchev–Trinajstić information content (AvgIpc) is 3.09. The number of benzene rings is 1. The van der Waals surface area contributed by atoms with Gasteiger partial charge in [0.25, 0.3) is 0 Å². The molecule has 2 aliphatic carbocycles. The van der Waals surface area contributed by atoms with Gasteiger partial charge in [0, 0.05) is 23.9 Å². The first-order valence-electron chi connectivity index (χ1n) is 7.88. The quantitative estimate of drug-likeness (QED) is 0.782. The summed E-state index contributed by atoms with van der Waals surface area (Å²) in [5.41, 5.74) is 2.50. The zero-order valence-corrected chi connectivity index (χ0v) is 12.5. The zero-order valence-electron chi connectivity index (χ0n) is 12.5. The van der Waals surface area contributed by atoms with Gasteiger partial charge in [-0.15, -0.1) is 0 Å². The fraction of sp³-hybridized carbons (Fsp3) is 0.556. The van der Waals surface area contributed by atoms with Gasteiger partial charge in [0.05, 0.1) is 6.61 Å². The third kappa shape index (κ3) is 2.76. The molecule has 0 aliphatic heterocycles. The third-order valence-corrected chi connectivity index (χ3v) is 4.83. The predicted octanol–water partition coefficient (Wildman–Crippen LogP) is 4.24. The van der Waals surface area contributed by atoms with Crippen molar-refractivity contribution >= 4 is 5.69 Å². The number of hydrogen-bond donors (Lipinski definition) is 1. The lowest BCUT2D eigenvalue weighted by molar-refractivity contribution is 0.134. The first kappa shape index (κ1) is 13.7. The molecule has 2 heteroatoms. The summed E-state index contributed by atoms with van der Waals surface area (Å²) in [6.45, 7) is 5.83. The van der Waals surface area contributed by atoms with Gasteiger partial charge >= 0.3 is 0 Å². The molecule has 20 heavy (non-hydrogen) atoms. The van der Waals surface area contributed by atoms with Crippen LogP contribution in [0.2, 0.25) is 0 Å². The second-order valence-electron chi connectivity index (χ2n) is 6.17. The lowest BCUT2D eigenvalue weighted by Crippen LogP contribution is -2.29. The Morgan fingerprint density at radius 3 is 2.80 bits per heavy atom. The van der Waals surface area contributed by atoms with E-state index in [0.717, 1.165) is 24.4 Å². The fourth-order valence-corrected chi connectivity index (χ4v) is 3.75. The Morgan fingerprint density at radius 1 is 1.25 bits per heavy atom. The maximum absolute atomic E-state index is 5.57. The molecule has 0 amide bonds. The Kier molecular flexibility index (Phi) is 4.11. The maximum atomic E-state index is 5.57. The van der Waals surface area contributed by atoms with Crippen molar-refractivity contribution in [2.24, 2.45) is 17.8 Å². The zero-order chi connectivity index (χ0) is 13.9. The number of rotatable bonds is 6. The Balaban J connectivity index is 1.66. The summed E-state index contributed by atoms with van der Waals surface area (Å²) in [5.74, 6) is 2.42. The highest BCUT2D eigenvalue weighted by Gasteiger charge is 2.38. The van der Waals surface area contributed by atoms with Crippen LogP contribution in [0.25, 0.3) is 0 Å². The number of anilines is 1. The predicted molar refractivity (Wildman–Crippen MR) is 83.7 cm³/mol. The molecule has 1 saturated carbocycles. The van der Waals surface area contributed by atoms with E-state index in [1.54, 1.807) is 0 Å². The smallest absolute Gasteiger partial charge is 0.0736 e. The van der Waals surface area contributed by atoms with Gasteiger partial charge < -0.3 is 10.1 Å². The van der Waals surface area contributed by atoms with Crippen molar-refractivity contribution in [3.8, 4) is 0 Å². The maximum Gasteiger partial charge on any atom is 0.0736 e. The van der Waals surface area contributed by atoms with Crippen LogP contribution in [0.4, 0.5) is 5.69 Å². The number of para-hydroxylation sites is 1. The van der Waals surface area contributed by atoms with Gasteiger partial charge in [-0.05, 0) is 50.5 Å². The van der Waals surface area contributed by atoms with Crippen molar-refractivity contribution in [3.05, 3.63) is 42.0 Å². The summed E-state index contributed by atoms with van der Waals surface area (Å²) in [7, 11) is 0. The number of hydrogen-bond acceptors (Lipinski definition) is 2. The first-order valence-corrected chi connectivity index (χ1v) is 7.88. The van der Waals surface area contributed by atoms with E-state index in [1.807, 2.05) is 6.92 Å². The Hall–Kier alpha value is -1.28. The Labute approximate surface area is 122 Å². The van der Waals surface area contributed by atoms with Crippen LogP contribution >= 0.6 is 0 Å². The van der Waals surface area contributed by atoms with Gasteiger partial charge in [-0.2, -0.15) is 0 Å². The molecule has 1 aromatic carbocycles. The van der Waals surface area contributed by atoms with Gasteiger partial charge in [0.1, 0.15) is 0 Å². The normalized spacial score (nSPS) is 28.8. The van der Waals surface area contributed by atoms with Crippen molar-refractivity contribution in [2.45, 2.75) is 39.3 Å². The van der Waals surface area contributed by atoms with E-state index in [1.165, 1.54) is 24.1 Å². The van der Waals surface area contributed by atoms with Crippen molar-refractivity contribution in [1.29, 1.82) is 0 Å². The molecular weight excluding hydrogens is 246 g/mol. The minimum absolute atomic E-state index is 0.526. The summed E-state index contributed by atoms with van der Waals surface area (Å²) in [4.78, 5) is 0. The summed E-state index contributed by atoms with van der Waals surface area (Å²) in [6.07, 6.45) is 7.57. The van der Waals surface area contributed by atoms with E-state index in [2.05, 4.69) is 48.7 Å². The lowest BCUT2D eigenvalue weighted by Gasteiger charge is -2.28. The number of fused-ring (bicyclic) bond motifs is 2. The molecule has 2 bridgehead atoms. The summed E-state index contributed by atoms with van der Waals surface area (Å²) in [6, 6.07) is 9.05. The topological polar surface area (TPSA) is 21.3 Å². The van der Waals surface area contributed by atoms with Crippen LogP contribution in [0.3, 0.4) is 0 Å². The molecule has 4 unspecified atom stereocenters. The first-order chi connectivity index (χ1) is 9.78. The fourth-order valence-electron chi connectivity index (χ4n) is 3.75. The third-order valence-electron chi connectivity index (χ3n) is 4.83. The van der Waals surface area contributed by atoms with Crippen LogP contribution in [0, 0.1) is 17.8 Å². The molecule has 3 rings (SSSR count). The Bertz CT molecular complexity index is 482. The van der Waals surface area contributed by atoms with Crippen LogP contribution in [0.5, 0.6) is 0 Å². The van der Waals surface area contributed by atoms with Crippen LogP contribution in [0.1, 0.15) is 32.3 Å². The van der Waals surface area contributed by atoms with Gasteiger partial charge in [0.2, 0.25) is 0 Å². The average molecular weight is 271 g/mol. The summed E-state index contributed by atoms with van der Waals surface area (Å²) in [5, 5.41) is 3.73. The lowest BCUT2D eigenvalue weighted by atomic mass is 9.87. The van der Waals surface area contributed by atoms with E-state index in [-0.39, 0.29) is 0 Å². The molecule has 0 heterocycles. The molecule has 1 fully saturated rings. The largest absolute Gasteiger partial charge is 0.382 e. The highest BCUT2D eigenvalue weighted by Crippen LogP contribution is 2.45. The minimum atomic E-state index is 0.526. The molecule has 0 spiro atoms. The molecule has 0 aromatic heterocycles. The monoisotopic (exact) mass is 271 g/mol. The standard InChI is InChI=1S/C18H25NO/c1-3-20-12-16-6-4-5-7-18(16)19-13(2)17-11-14-8-9-15(17)10-14/h4-9,13-15,17,19H,3,10-12H2,1-2H3. The number of ether oxygens (including phenoxy) is 1. The Morgan fingerprint density at radius 2 is 2.10 bits per heavy atom. The molecule has 1 aromatic rings. The van der Waals surface area contributed by atoms with E-state index >= 15 is 0 Å². The second kappa shape index (κ2) is 6.01. The number of nitrogens with one attached hydrogen (secondary N) is 1. The second-order valence-corrected chi connectivity index (χ2v) is 6.17. The minimum Gasteiger partial charge on any atom is -0.382 e. The van der Waals surface area contributed by atoms with Crippen LogP contribution in [0.15, 0.2) is 36.4 Å². The van der Waals surface area contributed by atoms with Gasteiger partial charge in [-0.1, -0.05) is 30.4 Å². The van der Waals surface area contributed by atoms with E-state index in [4.69, 9.17) is 4.74 Å². The van der Waals surface area contributed by atoms with Crippen molar-refractivity contribution < 1.29 is 4.74 Å². The van der Waals surface area contributed by atoms with E-state index in [9.17, 15) is 0 Å². The van der Waals surface area contributed by atoms with E-state index < -0.39 is 0 Å². The van der Waals surface area contributed by atoms with Crippen molar-refractivity contribution in [2.75, 3.05) is 11.9 Å². The molecule has 0 saturated heterocycles.